The maximum atomic E-state index is 12.2. The number of esters is 2. The van der Waals surface area contributed by atoms with E-state index in [2.05, 4.69) is 5.16 Å². The van der Waals surface area contributed by atoms with Gasteiger partial charge >= 0.3 is 11.9 Å². The zero-order valence-electron chi connectivity index (χ0n) is 15.1. The van der Waals surface area contributed by atoms with E-state index >= 15 is 0 Å². The molecule has 0 N–H and O–H groups in total. The van der Waals surface area contributed by atoms with Crippen molar-refractivity contribution >= 4 is 11.9 Å². The highest BCUT2D eigenvalue weighted by Crippen LogP contribution is 2.28. The van der Waals surface area contributed by atoms with Gasteiger partial charge in [0.25, 0.3) is 0 Å². The number of hydrogen-bond donors (Lipinski definition) is 0. The number of benzene rings is 2. The van der Waals surface area contributed by atoms with Gasteiger partial charge in [-0.05, 0) is 42.8 Å². The smallest absolute Gasteiger partial charge is 0.319 e. The molecule has 0 bridgehead atoms. The van der Waals surface area contributed by atoms with Crippen LogP contribution in [0.2, 0.25) is 0 Å². The molecule has 3 aromatic rings. The lowest BCUT2D eigenvalue weighted by molar-refractivity contribution is -0.134. The summed E-state index contributed by atoms with van der Waals surface area (Å²) < 4.78 is 15.8. The van der Waals surface area contributed by atoms with Crippen molar-refractivity contribution in [3.63, 3.8) is 0 Å². The zero-order chi connectivity index (χ0) is 19.2. The number of para-hydroxylation sites is 1. The van der Waals surface area contributed by atoms with Gasteiger partial charge in [-0.1, -0.05) is 30.3 Å². The minimum absolute atomic E-state index is 0.00337. The Morgan fingerprint density at radius 1 is 0.963 bits per heavy atom. The fourth-order valence-corrected chi connectivity index (χ4v) is 2.71. The first-order valence-electron chi connectivity index (χ1n) is 8.58. The summed E-state index contributed by atoms with van der Waals surface area (Å²) in [5.41, 5.74) is 2.32. The van der Waals surface area contributed by atoms with Gasteiger partial charge in [0.05, 0.1) is 0 Å². The van der Waals surface area contributed by atoms with E-state index in [0.717, 1.165) is 11.1 Å². The van der Waals surface area contributed by atoms with E-state index in [-0.39, 0.29) is 12.4 Å². The molecule has 3 rings (SSSR count). The molecule has 6 heteroatoms. The molecule has 0 spiro atoms. The molecule has 27 heavy (non-hydrogen) atoms. The number of rotatable bonds is 6. The van der Waals surface area contributed by atoms with Crippen LogP contribution in [0.5, 0.6) is 11.5 Å². The second-order valence-corrected chi connectivity index (χ2v) is 5.87. The van der Waals surface area contributed by atoms with E-state index in [9.17, 15) is 9.59 Å². The van der Waals surface area contributed by atoms with E-state index in [0.29, 0.717) is 29.4 Å². The third kappa shape index (κ3) is 4.61. The molecule has 0 saturated heterocycles. The van der Waals surface area contributed by atoms with Crippen LogP contribution in [0, 0.1) is 0 Å². The Hall–Kier alpha value is -3.41. The topological polar surface area (TPSA) is 78.6 Å². The van der Waals surface area contributed by atoms with Gasteiger partial charge in [-0.25, -0.2) is 0 Å². The minimum atomic E-state index is -0.413. The molecule has 0 amide bonds. The summed E-state index contributed by atoms with van der Waals surface area (Å²) in [5, 5.41) is 4.12. The number of carbonyl (C=O) groups is 2. The molecule has 0 aliphatic carbocycles. The molecule has 6 nitrogen and oxygen atoms in total. The molecule has 1 heterocycles. The molecule has 0 atom stereocenters. The molecule has 0 aliphatic heterocycles. The fourth-order valence-electron chi connectivity index (χ4n) is 2.71. The van der Waals surface area contributed by atoms with Crippen LogP contribution >= 0.6 is 0 Å². The highest BCUT2D eigenvalue weighted by atomic mass is 16.5. The lowest BCUT2D eigenvalue weighted by atomic mass is 10.0. The maximum Gasteiger partial charge on any atom is 0.319 e. The Labute approximate surface area is 156 Å². The average Bonchev–Trinajstić information content (AvgIpc) is 3.05. The largest absolute Gasteiger partial charge is 0.427 e. The van der Waals surface area contributed by atoms with Crippen molar-refractivity contribution in [1.29, 1.82) is 0 Å². The van der Waals surface area contributed by atoms with Crippen molar-refractivity contribution in [2.75, 3.05) is 0 Å². The minimum Gasteiger partial charge on any atom is -0.427 e. The quantitative estimate of drug-likeness (QED) is 0.486. The van der Waals surface area contributed by atoms with E-state index in [1.165, 1.54) is 6.92 Å². The van der Waals surface area contributed by atoms with Crippen LogP contribution in [0.1, 0.15) is 25.2 Å². The lowest BCUT2D eigenvalue weighted by Crippen LogP contribution is -2.11. The molecular formula is C21H19NO5. The Kier molecular flexibility index (Phi) is 5.66. The summed E-state index contributed by atoms with van der Waals surface area (Å²) in [7, 11) is 0. The Morgan fingerprint density at radius 3 is 2.26 bits per heavy atom. The normalized spacial score (nSPS) is 10.4. The molecule has 1 aromatic heterocycles. The van der Waals surface area contributed by atoms with Crippen molar-refractivity contribution in [3.8, 4) is 22.8 Å². The monoisotopic (exact) mass is 365 g/mol. The Balaban J connectivity index is 1.76. The molecule has 0 unspecified atom stereocenters. The first-order valence-corrected chi connectivity index (χ1v) is 8.58. The summed E-state index contributed by atoms with van der Waals surface area (Å²) in [6.07, 6.45) is 0.648. The van der Waals surface area contributed by atoms with Crippen LogP contribution in [0.25, 0.3) is 11.3 Å². The summed E-state index contributed by atoms with van der Waals surface area (Å²) in [5.74, 6) is 0.639. The van der Waals surface area contributed by atoms with Gasteiger partial charge in [-0.2, -0.15) is 0 Å². The molecular weight excluding hydrogens is 346 g/mol. The summed E-state index contributed by atoms with van der Waals surface area (Å²) in [4.78, 5) is 23.2. The molecule has 2 aromatic carbocycles. The first-order chi connectivity index (χ1) is 13.1. The predicted octanol–water partition coefficient (Wildman–Crippen LogP) is 3.98. The Bertz CT molecular complexity index is 929. The fraction of sp³-hybridized carbons (Fsp3) is 0.190. The highest BCUT2D eigenvalue weighted by Gasteiger charge is 2.19. The van der Waals surface area contributed by atoms with Crippen LogP contribution < -0.4 is 9.47 Å². The number of nitrogens with zero attached hydrogens (tertiary/aromatic N) is 1. The zero-order valence-corrected chi connectivity index (χ0v) is 15.1. The molecule has 0 fully saturated rings. The second-order valence-electron chi connectivity index (χ2n) is 5.87. The van der Waals surface area contributed by atoms with Crippen molar-refractivity contribution in [3.05, 3.63) is 65.9 Å². The molecule has 0 saturated carbocycles. The van der Waals surface area contributed by atoms with Gasteiger partial charge in [0, 0.05) is 18.1 Å². The van der Waals surface area contributed by atoms with Crippen LogP contribution in [0.3, 0.4) is 0 Å². The molecule has 138 valence electrons. The number of hydrogen-bond acceptors (Lipinski definition) is 6. The standard InChI is InChI=1S/C21H19NO5/c1-3-18-19(13-20(24)26-16-7-5-4-6-8-16)27-22-21(18)15-9-11-17(12-10-15)25-14(2)23/h4-12H,3,13H2,1-2H3. The van der Waals surface area contributed by atoms with Crippen LogP contribution in [0.15, 0.2) is 59.1 Å². The Morgan fingerprint density at radius 2 is 1.63 bits per heavy atom. The van der Waals surface area contributed by atoms with Crippen LogP contribution in [-0.2, 0) is 22.4 Å². The van der Waals surface area contributed by atoms with Gasteiger partial charge in [0.15, 0.2) is 5.76 Å². The van der Waals surface area contributed by atoms with Crippen molar-refractivity contribution in [2.24, 2.45) is 0 Å². The summed E-state index contributed by atoms with van der Waals surface area (Å²) in [6.45, 7) is 3.32. The van der Waals surface area contributed by atoms with Gasteiger partial charge in [-0.15, -0.1) is 0 Å². The van der Waals surface area contributed by atoms with E-state index in [1.54, 1.807) is 48.5 Å². The van der Waals surface area contributed by atoms with Gasteiger partial charge in [-0.3, -0.25) is 9.59 Å². The summed E-state index contributed by atoms with van der Waals surface area (Å²) >= 11 is 0. The summed E-state index contributed by atoms with van der Waals surface area (Å²) in [6, 6.07) is 15.8. The van der Waals surface area contributed by atoms with Crippen LogP contribution in [-0.4, -0.2) is 17.1 Å². The van der Waals surface area contributed by atoms with Crippen molar-refractivity contribution < 1.29 is 23.6 Å². The number of carbonyl (C=O) groups excluding carboxylic acids is 2. The lowest BCUT2D eigenvalue weighted by Gasteiger charge is -2.05. The third-order valence-electron chi connectivity index (χ3n) is 3.89. The van der Waals surface area contributed by atoms with Gasteiger partial charge in [0.2, 0.25) is 0 Å². The van der Waals surface area contributed by atoms with Gasteiger partial charge < -0.3 is 14.0 Å². The predicted molar refractivity (Wildman–Crippen MR) is 98.4 cm³/mol. The van der Waals surface area contributed by atoms with Gasteiger partial charge in [0.1, 0.15) is 23.6 Å². The molecule has 0 radical (unpaired) electrons. The van der Waals surface area contributed by atoms with Crippen molar-refractivity contribution in [2.45, 2.75) is 26.7 Å². The van der Waals surface area contributed by atoms with E-state index in [1.807, 2.05) is 13.0 Å². The number of ether oxygens (including phenoxy) is 2. The second kappa shape index (κ2) is 8.31. The number of aromatic nitrogens is 1. The highest BCUT2D eigenvalue weighted by molar-refractivity contribution is 5.76. The third-order valence-corrected chi connectivity index (χ3v) is 3.89. The average molecular weight is 365 g/mol. The molecule has 0 aliphatic rings. The van der Waals surface area contributed by atoms with Crippen molar-refractivity contribution in [1.82, 2.24) is 5.16 Å². The van der Waals surface area contributed by atoms with Crippen LogP contribution in [0.4, 0.5) is 0 Å². The van der Waals surface area contributed by atoms with E-state index < -0.39 is 5.97 Å². The van der Waals surface area contributed by atoms with E-state index in [4.69, 9.17) is 14.0 Å². The SMILES string of the molecule is CCc1c(-c2ccc(OC(C)=O)cc2)noc1CC(=O)Oc1ccccc1. The maximum absolute atomic E-state index is 12.2. The first kappa shape index (κ1) is 18.4.